The highest BCUT2D eigenvalue weighted by Gasteiger charge is 2.36. The fourth-order valence-corrected chi connectivity index (χ4v) is 7.24. The number of halogens is 5. The number of thioether (sulfide) groups is 2. The first-order valence-corrected chi connectivity index (χ1v) is 11.0. The van der Waals surface area contributed by atoms with E-state index in [9.17, 15) is 0 Å². The van der Waals surface area contributed by atoms with Crippen LogP contribution in [-0.4, -0.2) is 25.1 Å². The van der Waals surface area contributed by atoms with E-state index in [1.165, 1.54) is 0 Å². The quantitative estimate of drug-likeness (QED) is 0.353. The normalized spacial score (nSPS) is 16.7. The molecule has 1 fully saturated rings. The second-order valence-corrected chi connectivity index (χ2v) is 10.5. The Kier molecular flexibility index (Phi) is 6.51. The zero-order valence-corrected chi connectivity index (χ0v) is 17.8. The summed E-state index contributed by atoms with van der Waals surface area (Å²) in [5.74, 6) is 2.26. The van der Waals surface area contributed by atoms with Gasteiger partial charge in [0.2, 0.25) is 0 Å². The molecule has 0 amide bonds. The Morgan fingerprint density at radius 2 is 1.54 bits per heavy atom. The summed E-state index contributed by atoms with van der Waals surface area (Å²) in [5.41, 5.74) is 0.760. The Bertz CT molecular complexity index is 701. The van der Waals surface area contributed by atoms with Crippen LogP contribution in [0.25, 0.3) is 0 Å². The first-order valence-electron chi connectivity index (χ1n) is 7.17. The van der Waals surface area contributed by atoms with Crippen LogP contribution in [0.15, 0.2) is 18.7 Å². The van der Waals surface area contributed by atoms with Crippen LogP contribution in [0.4, 0.5) is 0 Å². The maximum atomic E-state index is 6.36. The van der Waals surface area contributed by atoms with Crippen molar-refractivity contribution in [1.29, 1.82) is 0 Å². The van der Waals surface area contributed by atoms with Gasteiger partial charge in [0.05, 0.1) is 35.5 Å². The average molecular weight is 463 g/mol. The summed E-state index contributed by atoms with van der Waals surface area (Å²) in [7, 11) is 0. The predicted octanol–water partition coefficient (Wildman–Crippen LogP) is 6.96. The van der Waals surface area contributed by atoms with Crippen LogP contribution in [0.1, 0.15) is 12.0 Å². The third kappa shape index (κ3) is 3.95. The van der Waals surface area contributed by atoms with Crippen LogP contribution in [-0.2, 0) is 13.0 Å². The van der Waals surface area contributed by atoms with Gasteiger partial charge in [-0.25, -0.2) is 4.98 Å². The summed E-state index contributed by atoms with van der Waals surface area (Å²) in [5, 5.41) is 1.51. The van der Waals surface area contributed by atoms with Crippen molar-refractivity contribution < 1.29 is 0 Å². The van der Waals surface area contributed by atoms with Gasteiger partial charge in [0.1, 0.15) is 0 Å². The van der Waals surface area contributed by atoms with Gasteiger partial charge in [-0.3, -0.25) is 0 Å². The van der Waals surface area contributed by atoms with Crippen molar-refractivity contribution in [2.75, 3.05) is 11.5 Å². The molecule has 130 valence electrons. The molecular formula is C15H13Cl5N2S2. The van der Waals surface area contributed by atoms with Crippen molar-refractivity contribution >= 4 is 81.5 Å². The van der Waals surface area contributed by atoms with Crippen molar-refractivity contribution in [2.24, 2.45) is 0 Å². The zero-order chi connectivity index (χ0) is 17.3. The van der Waals surface area contributed by atoms with Gasteiger partial charge in [0, 0.05) is 30.4 Å². The summed E-state index contributed by atoms with van der Waals surface area (Å²) in [4.78, 5) is 4.13. The molecule has 1 aliphatic heterocycles. The van der Waals surface area contributed by atoms with Gasteiger partial charge in [0.15, 0.2) is 0 Å². The second-order valence-electron chi connectivity index (χ2n) is 5.39. The van der Waals surface area contributed by atoms with Crippen LogP contribution in [0.2, 0.25) is 25.1 Å². The molecule has 0 atom stereocenters. The molecule has 2 nitrogen and oxygen atoms in total. The lowest BCUT2D eigenvalue weighted by atomic mass is 10.1. The van der Waals surface area contributed by atoms with Gasteiger partial charge >= 0.3 is 0 Å². The number of rotatable bonds is 5. The molecule has 0 N–H and O–H groups in total. The molecule has 1 saturated heterocycles. The molecule has 0 saturated carbocycles. The number of hydrogen-bond donors (Lipinski definition) is 0. The van der Waals surface area contributed by atoms with Crippen LogP contribution < -0.4 is 0 Å². The molecule has 0 bridgehead atoms. The fourth-order valence-electron chi connectivity index (χ4n) is 2.66. The zero-order valence-electron chi connectivity index (χ0n) is 12.4. The summed E-state index contributed by atoms with van der Waals surface area (Å²) in [6.07, 6.45) is 7.20. The van der Waals surface area contributed by atoms with Gasteiger partial charge in [0.25, 0.3) is 0 Å². The lowest BCUT2D eigenvalue weighted by Crippen LogP contribution is -2.25. The molecule has 0 radical (unpaired) electrons. The first kappa shape index (κ1) is 19.3. The lowest BCUT2D eigenvalue weighted by Gasteiger charge is -2.28. The molecule has 24 heavy (non-hydrogen) atoms. The van der Waals surface area contributed by atoms with Gasteiger partial charge in [-0.05, 0) is 18.4 Å². The molecule has 0 unspecified atom stereocenters. The molecular weight excluding hydrogens is 450 g/mol. The van der Waals surface area contributed by atoms with E-state index in [1.54, 1.807) is 6.20 Å². The van der Waals surface area contributed by atoms with Crippen molar-refractivity contribution in [1.82, 2.24) is 9.55 Å². The van der Waals surface area contributed by atoms with Crippen LogP contribution in [0, 0.1) is 0 Å². The van der Waals surface area contributed by atoms with Crippen LogP contribution >= 0.6 is 81.5 Å². The number of imidazole rings is 1. The predicted molar refractivity (Wildman–Crippen MR) is 110 cm³/mol. The van der Waals surface area contributed by atoms with Crippen LogP contribution in [0.3, 0.4) is 0 Å². The largest absolute Gasteiger partial charge is 0.335 e. The second kappa shape index (κ2) is 8.08. The minimum atomic E-state index is 0.0615. The highest BCUT2D eigenvalue weighted by atomic mass is 35.5. The number of hydrogen-bond acceptors (Lipinski definition) is 3. The van der Waals surface area contributed by atoms with Crippen molar-refractivity contribution in [2.45, 2.75) is 23.5 Å². The average Bonchev–Trinajstić information content (AvgIpc) is 3.24. The Morgan fingerprint density at radius 3 is 2.08 bits per heavy atom. The Morgan fingerprint density at radius 1 is 0.958 bits per heavy atom. The van der Waals surface area contributed by atoms with Crippen LogP contribution in [0.5, 0.6) is 0 Å². The van der Waals surface area contributed by atoms with E-state index in [4.69, 9.17) is 58.0 Å². The molecule has 9 heteroatoms. The molecule has 0 aliphatic carbocycles. The highest BCUT2D eigenvalue weighted by Crippen LogP contribution is 2.50. The molecule has 3 rings (SSSR count). The van der Waals surface area contributed by atoms with E-state index < -0.39 is 0 Å². The van der Waals surface area contributed by atoms with Gasteiger partial charge in [-0.15, -0.1) is 23.5 Å². The summed E-state index contributed by atoms with van der Waals surface area (Å²) in [6.45, 7) is 0.882. The van der Waals surface area contributed by atoms with E-state index in [2.05, 4.69) is 9.55 Å². The highest BCUT2D eigenvalue weighted by molar-refractivity contribution is 8.21. The molecule has 2 heterocycles. The first-order chi connectivity index (χ1) is 11.4. The monoisotopic (exact) mass is 460 g/mol. The lowest BCUT2D eigenvalue weighted by molar-refractivity contribution is 0.592. The summed E-state index contributed by atoms with van der Waals surface area (Å²) < 4.78 is 2.17. The Labute approximate surface area is 174 Å². The molecule has 2 aromatic rings. The SMILES string of the molecule is Clc1c(Cl)c(Cl)c(CCC2(Cn3ccnc3)SCCS2)c(Cl)c1Cl. The van der Waals surface area contributed by atoms with Crippen molar-refractivity contribution in [3.8, 4) is 0 Å². The van der Waals surface area contributed by atoms with Gasteiger partial charge in [-0.2, -0.15) is 0 Å². The van der Waals surface area contributed by atoms with E-state index >= 15 is 0 Å². The minimum absolute atomic E-state index is 0.0615. The third-order valence-corrected chi connectivity index (χ3v) is 9.71. The molecule has 1 aliphatic rings. The maximum Gasteiger partial charge on any atom is 0.0946 e. The van der Waals surface area contributed by atoms with E-state index in [-0.39, 0.29) is 19.1 Å². The van der Waals surface area contributed by atoms with Gasteiger partial charge < -0.3 is 4.57 Å². The Hall–Kier alpha value is 0.580. The number of nitrogens with zero attached hydrogens (tertiary/aromatic N) is 2. The van der Waals surface area contributed by atoms with Gasteiger partial charge in [-0.1, -0.05) is 58.0 Å². The summed E-state index contributed by atoms with van der Waals surface area (Å²) >= 11 is 35.1. The van der Waals surface area contributed by atoms with E-state index in [0.717, 1.165) is 30.0 Å². The standard InChI is InChI=1S/C15H13Cl5N2S2/c16-10-9(11(17)13(19)14(20)12(10)18)1-2-15(23-5-6-24-15)7-22-4-3-21-8-22/h3-4,8H,1-2,5-7H2. The minimum Gasteiger partial charge on any atom is -0.335 e. The van der Waals surface area contributed by atoms with Crippen molar-refractivity contribution in [3.63, 3.8) is 0 Å². The maximum absolute atomic E-state index is 6.36. The smallest absolute Gasteiger partial charge is 0.0946 e. The summed E-state index contributed by atoms with van der Waals surface area (Å²) in [6, 6.07) is 0. The van der Waals surface area contributed by atoms with E-state index in [0.29, 0.717) is 16.5 Å². The third-order valence-electron chi connectivity index (χ3n) is 3.85. The topological polar surface area (TPSA) is 17.8 Å². The number of benzene rings is 1. The number of aromatic nitrogens is 2. The van der Waals surface area contributed by atoms with E-state index in [1.807, 2.05) is 36.0 Å². The molecule has 1 aromatic heterocycles. The molecule has 0 spiro atoms. The molecule has 1 aromatic carbocycles. The Balaban J connectivity index is 1.83. The van der Waals surface area contributed by atoms with Crippen molar-refractivity contribution in [3.05, 3.63) is 49.4 Å². The fraction of sp³-hybridized carbons (Fsp3) is 0.400.